The second-order valence-electron chi connectivity index (χ2n) is 5.10. The summed E-state index contributed by atoms with van der Waals surface area (Å²) in [5.74, 6) is 0. The van der Waals surface area contributed by atoms with Gasteiger partial charge in [0.25, 0.3) is 0 Å². The monoisotopic (exact) mass is 251 g/mol. The van der Waals surface area contributed by atoms with Gasteiger partial charge in [0.1, 0.15) is 6.29 Å². The lowest BCUT2D eigenvalue weighted by Crippen LogP contribution is -2.33. The zero-order valence-electron chi connectivity index (χ0n) is 11.0. The van der Waals surface area contributed by atoms with Crippen molar-refractivity contribution in [1.29, 1.82) is 0 Å². The van der Waals surface area contributed by atoms with Gasteiger partial charge in [0.15, 0.2) is 0 Å². The molecule has 0 N–H and O–H groups in total. The van der Waals surface area contributed by atoms with Crippen LogP contribution in [0.25, 0.3) is 0 Å². The van der Waals surface area contributed by atoms with Gasteiger partial charge < -0.3 is 4.90 Å². The zero-order valence-corrected chi connectivity index (χ0v) is 11.0. The van der Waals surface area contributed by atoms with Gasteiger partial charge in [-0.2, -0.15) is 0 Å². The van der Waals surface area contributed by atoms with Gasteiger partial charge in [0.2, 0.25) is 0 Å². The Morgan fingerprint density at radius 3 is 2.58 bits per heavy atom. The first-order valence-electron chi connectivity index (χ1n) is 6.72. The fourth-order valence-corrected chi connectivity index (χ4v) is 2.80. The summed E-state index contributed by atoms with van der Waals surface area (Å²) in [5.41, 5.74) is 4.58. The molecule has 0 radical (unpaired) electrons. The molecule has 2 nitrogen and oxygen atoms in total. The Balaban J connectivity index is 2.05. The predicted octanol–water partition coefficient (Wildman–Crippen LogP) is 3.97. The lowest BCUT2D eigenvalue weighted by atomic mass is 9.96. The number of benzene rings is 2. The van der Waals surface area contributed by atoms with Crippen molar-refractivity contribution in [3.05, 3.63) is 59.7 Å². The summed E-state index contributed by atoms with van der Waals surface area (Å²) in [5, 5.41) is 0. The van der Waals surface area contributed by atoms with Crippen LogP contribution in [0.3, 0.4) is 0 Å². The Labute approximate surface area is 113 Å². The molecule has 19 heavy (non-hydrogen) atoms. The molecule has 1 atom stereocenters. The van der Waals surface area contributed by atoms with E-state index in [4.69, 9.17) is 0 Å². The molecule has 0 aliphatic carbocycles. The number of carbonyl (C=O) groups is 1. The van der Waals surface area contributed by atoms with E-state index >= 15 is 0 Å². The van der Waals surface area contributed by atoms with Gasteiger partial charge in [-0.25, -0.2) is 0 Å². The van der Waals surface area contributed by atoms with E-state index in [1.54, 1.807) is 0 Å². The summed E-state index contributed by atoms with van der Waals surface area (Å²) in [4.78, 5) is 13.1. The van der Waals surface area contributed by atoms with Crippen molar-refractivity contribution in [3.8, 4) is 0 Å². The summed E-state index contributed by atoms with van der Waals surface area (Å²) < 4.78 is 0. The first-order valence-corrected chi connectivity index (χ1v) is 6.72. The van der Waals surface area contributed by atoms with E-state index in [1.165, 1.54) is 11.3 Å². The maximum absolute atomic E-state index is 10.7. The van der Waals surface area contributed by atoms with E-state index in [9.17, 15) is 4.79 Å². The summed E-state index contributed by atoms with van der Waals surface area (Å²) in [6.45, 7) is 2.25. The second-order valence-corrected chi connectivity index (χ2v) is 5.10. The smallest absolute Gasteiger partial charge is 0.150 e. The van der Waals surface area contributed by atoms with Crippen molar-refractivity contribution in [2.24, 2.45) is 0 Å². The number of rotatable bonds is 2. The Kier molecular flexibility index (Phi) is 3.08. The molecule has 1 aliphatic heterocycles. The molecule has 1 heterocycles. The van der Waals surface area contributed by atoms with Gasteiger partial charge in [-0.1, -0.05) is 18.2 Å². The number of nitrogens with zero attached hydrogens (tertiary/aromatic N) is 1. The van der Waals surface area contributed by atoms with Crippen LogP contribution in [0.4, 0.5) is 11.4 Å². The maximum Gasteiger partial charge on any atom is 0.150 e. The number of para-hydroxylation sites is 1. The first-order chi connectivity index (χ1) is 9.29. The summed E-state index contributed by atoms with van der Waals surface area (Å²) >= 11 is 0. The number of hydrogen-bond acceptors (Lipinski definition) is 2. The quantitative estimate of drug-likeness (QED) is 0.753. The minimum atomic E-state index is 0.483. The molecule has 1 unspecified atom stereocenters. The van der Waals surface area contributed by atoms with Crippen LogP contribution in [0.5, 0.6) is 0 Å². The summed E-state index contributed by atoms with van der Waals surface area (Å²) in [7, 11) is 0. The van der Waals surface area contributed by atoms with Gasteiger partial charge in [-0.15, -0.1) is 0 Å². The third-order valence-electron chi connectivity index (χ3n) is 3.83. The highest BCUT2D eigenvalue weighted by atomic mass is 16.1. The number of aryl methyl sites for hydroxylation is 1. The van der Waals surface area contributed by atoms with E-state index in [0.29, 0.717) is 6.04 Å². The predicted molar refractivity (Wildman–Crippen MR) is 78.2 cm³/mol. The topological polar surface area (TPSA) is 20.3 Å². The fourth-order valence-electron chi connectivity index (χ4n) is 2.80. The standard InChI is InChI=1S/C17H17NO/c1-13-6-9-15-4-2-3-5-17(15)18(13)16-10-7-14(12-19)8-11-16/h2-5,7-8,10-13H,6,9H2,1H3. The van der Waals surface area contributed by atoms with Crippen LogP contribution >= 0.6 is 0 Å². The summed E-state index contributed by atoms with van der Waals surface area (Å²) in [6.07, 6.45) is 3.18. The van der Waals surface area contributed by atoms with Gasteiger partial charge in [-0.05, 0) is 55.7 Å². The molecule has 1 aliphatic rings. The maximum atomic E-state index is 10.7. The fraction of sp³-hybridized carbons (Fsp3) is 0.235. The van der Waals surface area contributed by atoms with Crippen molar-refractivity contribution in [2.75, 3.05) is 4.90 Å². The molecule has 0 amide bonds. The molecule has 2 aromatic carbocycles. The Hall–Kier alpha value is -2.09. The average molecular weight is 251 g/mol. The molecule has 0 aromatic heterocycles. The molecule has 0 fully saturated rings. The van der Waals surface area contributed by atoms with E-state index < -0.39 is 0 Å². The van der Waals surface area contributed by atoms with Crippen molar-refractivity contribution >= 4 is 17.7 Å². The van der Waals surface area contributed by atoms with E-state index in [0.717, 1.165) is 30.4 Å². The molecule has 96 valence electrons. The number of anilines is 2. The minimum Gasteiger partial charge on any atom is -0.338 e. The molecule has 2 heteroatoms. The number of aldehydes is 1. The molecule has 3 rings (SSSR count). The van der Waals surface area contributed by atoms with Gasteiger partial charge in [0.05, 0.1) is 0 Å². The molecular formula is C17H17NO. The van der Waals surface area contributed by atoms with Crippen molar-refractivity contribution < 1.29 is 4.79 Å². The summed E-state index contributed by atoms with van der Waals surface area (Å²) in [6, 6.07) is 16.9. The van der Waals surface area contributed by atoms with E-state index in [2.05, 4.69) is 36.1 Å². The highest BCUT2D eigenvalue weighted by molar-refractivity contribution is 5.77. The third kappa shape index (κ3) is 2.14. The van der Waals surface area contributed by atoms with E-state index in [-0.39, 0.29) is 0 Å². The average Bonchev–Trinajstić information content (AvgIpc) is 2.47. The highest BCUT2D eigenvalue weighted by Crippen LogP contribution is 2.36. The Bertz CT molecular complexity index is 588. The number of hydrogen-bond donors (Lipinski definition) is 0. The largest absolute Gasteiger partial charge is 0.338 e. The normalized spacial score (nSPS) is 17.9. The van der Waals surface area contributed by atoms with Crippen LogP contribution in [-0.4, -0.2) is 12.3 Å². The molecule has 0 saturated heterocycles. The second kappa shape index (κ2) is 4.88. The Morgan fingerprint density at radius 2 is 1.84 bits per heavy atom. The van der Waals surface area contributed by atoms with Crippen LogP contribution in [0.15, 0.2) is 48.5 Å². The molecular weight excluding hydrogens is 234 g/mol. The van der Waals surface area contributed by atoms with Crippen molar-refractivity contribution in [1.82, 2.24) is 0 Å². The SMILES string of the molecule is CC1CCc2ccccc2N1c1ccc(C=O)cc1. The molecule has 0 bridgehead atoms. The van der Waals surface area contributed by atoms with Crippen molar-refractivity contribution in [2.45, 2.75) is 25.8 Å². The number of fused-ring (bicyclic) bond motifs is 1. The highest BCUT2D eigenvalue weighted by Gasteiger charge is 2.23. The molecule has 0 saturated carbocycles. The number of carbonyl (C=O) groups excluding carboxylic acids is 1. The van der Waals surface area contributed by atoms with Crippen LogP contribution in [0, 0.1) is 0 Å². The molecule has 2 aromatic rings. The third-order valence-corrected chi connectivity index (χ3v) is 3.83. The van der Waals surface area contributed by atoms with Crippen molar-refractivity contribution in [3.63, 3.8) is 0 Å². The van der Waals surface area contributed by atoms with Gasteiger partial charge in [0, 0.05) is 23.0 Å². The van der Waals surface area contributed by atoms with Gasteiger partial charge >= 0.3 is 0 Å². The Morgan fingerprint density at radius 1 is 1.11 bits per heavy atom. The lowest BCUT2D eigenvalue weighted by Gasteiger charge is -2.37. The van der Waals surface area contributed by atoms with E-state index in [1.807, 2.05) is 24.3 Å². The minimum absolute atomic E-state index is 0.483. The lowest BCUT2D eigenvalue weighted by molar-refractivity contribution is 0.112. The van der Waals surface area contributed by atoms with Gasteiger partial charge in [-0.3, -0.25) is 4.79 Å². The van der Waals surface area contributed by atoms with Crippen LogP contribution in [0.1, 0.15) is 29.3 Å². The first kappa shape index (κ1) is 12.0. The zero-order chi connectivity index (χ0) is 13.2. The van der Waals surface area contributed by atoms with Crippen LogP contribution in [0.2, 0.25) is 0 Å². The van der Waals surface area contributed by atoms with Crippen LogP contribution < -0.4 is 4.90 Å². The van der Waals surface area contributed by atoms with Crippen LogP contribution in [-0.2, 0) is 6.42 Å². The molecule has 0 spiro atoms.